The number of rotatable bonds is 3. The summed E-state index contributed by atoms with van der Waals surface area (Å²) in [4.78, 5) is 25.9. The number of hydrogen-bond donors (Lipinski definition) is 0. The Morgan fingerprint density at radius 1 is 1.09 bits per heavy atom. The first-order valence-electron chi connectivity index (χ1n) is 10.8. The Morgan fingerprint density at radius 2 is 1.83 bits per heavy atom. The molecule has 4 heterocycles. The van der Waals surface area contributed by atoms with Crippen molar-refractivity contribution >= 4 is 22.6 Å². The Labute approximate surface area is 202 Å². The van der Waals surface area contributed by atoms with Gasteiger partial charge in [-0.15, -0.1) is 0 Å². The number of halogens is 4. The van der Waals surface area contributed by atoms with Crippen LogP contribution in [0.3, 0.4) is 0 Å². The molecule has 0 N–H and O–H groups in total. The molecule has 1 aromatic carbocycles. The lowest BCUT2D eigenvalue weighted by Crippen LogP contribution is -2.29. The monoisotopic (exact) mass is 504 g/mol. The van der Waals surface area contributed by atoms with Crippen LogP contribution < -0.4 is 5.56 Å². The molecule has 182 valence electrons. The van der Waals surface area contributed by atoms with Gasteiger partial charge in [-0.2, -0.15) is 18.3 Å². The van der Waals surface area contributed by atoms with Crippen molar-refractivity contribution in [2.45, 2.75) is 31.0 Å². The van der Waals surface area contributed by atoms with Crippen molar-refractivity contribution in [1.82, 2.24) is 29.3 Å². The van der Waals surface area contributed by atoms with Crippen LogP contribution in [0.15, 0.2) is 41.5 Å². The second-order valence-electron chi connectivity index (χ2n) is 8.46. The maximum absolute atomic E-state index is 13.6. The van der Waals surface area contributed by atoms with E-state index in [1.807, 2.05) is 13.2 Å². The van der Waals surface area contributed by atoms with Crippen LogP contribution in [0.2, 0.25) is 5.02 Å². The van der Waals surface area contributed by atoms with E-state index in [0.29, 0.717) is 40.4 Å². The lowest BCUT2D eigenvalue weighted by atomic mass is 9.92. The molecular weight excluding hydrogens is 485 g/mol. The molecule has 0 amide bonds. The average Bonchev–Trinajstić information content (AvgIpc) is 3.27. The number of hydrogen-bond acceptors (Lipinski definition) is 6. The van der Waals surface area contributed by atoms with Gasteiger partial charge in [0.1, 0.15) is 17.0 Å². The first-order valence-corrected chi connectivity index (χ1v) is 11.2. The number of fused-ring (bicyclic) bond motifs is 1. The smallest absolute Gasteiger partial charge is 0.373 e. The second-order valence-corrected chi connectivity index (χ2v) is 8.90. The number of aryl methyl sites for hydroxylation is 1. The summed E-state index contributed by atoms with van der Waals surface area (Å²) in [6, 6.07) is 6.46. The van der Waals surface area contributed by atoms with Crippen molar-refractivity contribution in [1.29, 1.82) is 0 Å². The molecule has 0 spiro atoms. The molecule has 1 saturated heterocycles. The molecule has 35 heavy (non-hydrogen) atoms. The minimum atomic E-state index is -4.82. The van der Waals surface area contributed by atoms with Gasteiger partial charge in [-0.3, -0.25) is 14.0 Å². The van der Waals surface area contributed by atoms with Crippen molar-refractivity contribution in [3.63, 3.8) is 0 Å². The minimum Gasteiger partial charge on any atom is -0.373 e. The van der Waals surface area contributed by atoms with Gasteiger partial charge >= 0.3 is 6.18 Å². The maximum atomic E-state index is 13.6. The SMILES string of the molecule is Cn1cc(C2CC(c3nc(-c4ccc(Cl)cc4)c4nc(C(F)(F)F)n(C)c(=O)c4n3)CCO2)cn1. The molecule has 2 unspecified atom stereocenters. The number of nitrogens with zero attached hydrogens (tertiary/aromatic N) is 6. The van der Waals surface area contributed by atoms with Gasteiger partial charge in [0.15, 0.2) is 5.52 Å². The van der Waals surface area contributed by atoms with Crippen LogP contribution in [-0.2, 0) is 25.0 Å². The molecule has 12 heteroatoms. The molecule has 8 nitrogen and oxygen atoms in total. The Morgan fingerprint density at radius 3 is 2.49 bits per heavy atom. The number of ether oxygens (including phenoxy) is 1. The average molecular weight is 505 g/mol. The minimum absolute atomic E-state index is 0.147. The summed E-state index contributed by atoms with van der Waals surface area (Å²) in [5.41, 5.74) is 0.268. The Balaban J connectivity index is 1.68. The number of aromatic nitrogens is 6. The van der Waals surface area contributed by atoms with Gasteiger partial charge in [0.05, 0.1) is 12.3 Å². The van der Waals surface area contributed by atoms with Crippen LogP contribution in [0.4, 0.5) is 13.2 Å². The van der Waals surface area contributed by atoms with Gasteiger partial charge in [-0.25, -0.2) is 15.0 Å². The van der Waals surface area contributed by atoms with Gasteiger partial charge in [0.2, 0.25) is 5.82 Å². The fraction of sp³-hybridized carbons (Fsp3) is 0.348. The van der Waals surface area contributed by atoms with E-state index in [4.69, 9.17) is 16.3 Å². The van der Waals surface area contributed by atoms with Crippen molar-refractivity contribution in [2.24, 2.45) is 14.1 Å². The highest BCUT2D eigenvalue weighted by atomic mass is 35.5. The third-order valence-electron chi connectivity index (χ3n) is 6.06. The summed E-state index contributed by atoms with van der Waals surface area (Å²) in [7, 11) is 2.85. The summed E-state index contributed by atoms with van der Waals surface area (Å²) in [6.45, 7) is 0.436. The quantitative estimate of drug-likeness (QED) is 0.410. The van der Waals surface area contributed by atoms with E-state index >= 15 is 0 Å². The van der Waals surface area contributed by atoms with Gasteiger partial charge in [0.25, 0.3) is 5.56 Å². The van der Waals surface area contributed by atoms with Crippen LogP contribution >= 0.6 is 11.6 Å². The fourth-order valence-corrected chi connectivity index (χ4v) is 4.40. The molecule has 1 fully saturated rings. The molecule has 0 saturated carbocycles. The summed E-state index contributed by atoms with van der Waals surface area (Å²) < 4.78 is 48.9. The highest BCUT2D eigenvalue weighted by Gasteiger charge is 2.37. The van der Waals surface area contributed by atoms with Crippen LogP contribution in [0.5, 0.6) is 0 Å². The van der Waals surface area contributed by atoms with E-state index in [1.54, 1.807) is 35.1 Å². The highest BCUT2D eigenvalue weighted by molar-refractivity contribution is 6.30. The van der Waals surface area contributed by atoms with E-state index < -0.39 is 17.6 Å². The van der Waals surface area contributed by atoms with E-state index in [0.717, 1.165) is 12.6 Å². The Hall–Kier alpha value is -3.31. The van der Waals surface area contributed by atoms with Crippen molar-refractivity contribution in [2.75, 3.05) is 6.61 Å². The Bertz CT molecular complexity index is 1470. The summed E-state index contributed by atoms with van der Waals surface area (Å²) in [5.74, 6) is -1.14. The summed E-state index contributed by atoms with van der Waals surface area (Å²) >= 11 is 6.01. The summed E-state index contributed by atoms with van der Waals surface area (Å²) in [6.07, 6.45) is -0.343. The van der Waals surface area contributed by atoms with E-state index in [1.165, 1.54) is 0 Å². The van der Waals surface area contributed by atoms with Crippen LogP contribution in [-0.4, -0.2) is 35.9 Å². The van der Waals surface area contributed by atoms with Gasteiger partial charge < -0.3 is 4.74 Å². The first-order chi connectivity index (χ1) is 16.6. The van der Waals surface area contributed by atoms with Crippen LogP contribution in [0.1, 0.15) is 42.1 Å². The van der Waals surface area contributed by atoms with E-state index in [2.05, 4.69) is 20.1 Å². The molecule has 1 aliphatic heterocycles. The second kappa shape index (κ2) is 8.72. The van der Waals surface area contributed by atoms with Gasteiger partial charge in [-0.1, -0.05) is 23.7 Å². The molecule has 0 bridgehead atoms. The standard InChI is InChI=1S/C23H20ClF3N6O2/c1-32-11-14(10-28-32)16-9-13(7-8-35-16)20-29-17(12-3-5-15(24)6-4-12)18-19(30-20)21(34)33(2)22(31-18)23(25,26)27/h3-6,10-11,13,16H,7-9H2,1-2H3. The third kappa shape index (κ3) is 4.41. The Kier molecular flexibility index (Phi) is 5.84. The third-order valence-corrected chi connectivity index (χ3v) is 6.31. The van der Waals surface area contributed by atoms with Crippen molar-refractivity contribution in [3.8, 4) is 11.3 Å². The van der Waals surface area contributed by atoms with Crippen molar-refractivity contribution < 1.29 is 17.9 Å². The van der Waals surface area contributed by atoms with Crippen molar-refractivity contribution in [3.05, 3.63) is 69.2 Å². The molecule has 3 aromatic heterocycles. The van der Waals surface area contributed by atoms with Crippen LogP contribution in [0.25, 0.3) is 22.3 Å². The zero-order valence-corrected chi connectivity index (χ0v) is 19.5. The molecule has 1 aliphatic rings. The van der Waals surface area contributed by atoms with Gasteiger partial charge in [-0.05, 0) is 25.0 Å². The molecule has 2 atom stereocenters. The van der Waals surface area contributed by atoms with Gasteiger partial charge in [0, 0.05) is 49.0 Å². The molecular formula is C23H20ClF3N6O2. The molecule has 0 aliphatic carbocycles. The number of benzene rings is 1. The topological polar surface area (TPSA) is 87.7 Å². The number of alkyl halides is 3. The largest absolute Gasteiger partial charge is 0.449 e. The normalized spacial score (nSPS) is 18.8. The molecule has 5 rings (SSSR count). The highest BCUT2D eigenvalue weighted by Crippen LogP contribution is 2.38. The van der Waals surface area contributed by atoms with Crippen LogP contribution in [0, 0.1) is 0 Å². The molecule has 4 aromatic rings. The first kappa shape index (κ1) is 23.4. The maximum Gasteiger partial charge on any atom is 0.449 e. The summed E-state index contributed by atoms with van der Waals surface area (Å²) in [5, 5.41) is 4.65. The van der Waals surface area contributed by atoms with E-state index in [-0.39, 0.29) is 28.7 Å². The lowest BCUT2D eigenvalue weighted by Gasteiger charge is -2.28. The van der Waals surface area contributed by atoms with E-state index in [9.17, 15) is 18.0 Å². The fourth-order valence-electron chi connectivity index (χ4n) is 4.28. The molecule has 0 radical (unpaired) electrons. The predicted molar refractivity (Wildman–Crippen MR) is 122 cm³/mol. The zero-order valence-electron chi connectivity index (χ0n) is 18.8. The predicted octanol–water partition coefficient (Wildman–Crippen LogP) is 4.43. The zero-order chi connectivity index (χ0) is 24.9. The lowest BCUT2D eigenvalue weighted by molar-refractivity contribution is -0.147.